The van der Waals surface area contributed by atoms with E-state index >= 15 is 0 Å². The van der Waals surface area contributed by atoms with E-state index in [9.17, 15) is 0 Å². The Hall–Kier alpha value is 0.630. The SMILES string of the molecule is CSc1cc(Cl)c(Br)cc1Cl. The van der Waals surface area contributed by atoms with E-state index in [0.29, 0.717) is 5.02 Å². The van der Waals surface area contributed by atoms with Crippen LogP contribution in [-0.4, -0.2) is 6.26 Å². The van der Waals surface area contributed by atoms with Crippen LogP contribution in [-0.2, 0) is 0 Å². The van der Waals surface area contributed by atoms with E-state index in [4.69, 9.17) is 23.2 Å². The van der Waals surface area contributed by atoms with Crippen molar-refractivity contribution in [3.8, 4) is 0 Å². The number of benzene rings is 1. The minimum atomic E-state index is 0.693. The number of hydrogen-bond acceptors (Lipinski definition) is 1. The van der Waals surface area contributed by atoms with Gasteiger partial charge in [-0.25, -0.2) is 0 Å². The van der Waals surface area contributed by atoms with Crippen molar-refractivity contribution in [2.75, 3.05) is 6.26 Å². The Labute approximate surface area is 88.4 Å². The van der Waals surface area contributed by atoms with Crippen molar-refractivity contribution in [3.63, 3.8) is 0 Å². The van der Waals surface area contributed by atoms with Gasteiger partial charge in [0.1, 0.15) is 0 Å². The van der Waals surface area contributed by atoms with Crippen molar-refractivity contribution >= 4 is 50.9 Å². The van der Waals surface area contributed by atoms with Crippen molar-refractivity contribution in [1.82, 2.24) is 0 Å². The molecule has 0 bridgehead atoms. The van der Waals surface area contributed by atoms with Crippen LogP contribution in [0, 0.1) is 0 Å². The number of halogens is 3. The molecule has 0 radical (unpaired) electrons. The van der Waals surface area contributed by atoms with Gasteiger partial charge in [0.25, 0.3) is 0 Å². The Kier molecular flexibility index (Phi) is 3.56. The van der Waals surface area contributed by atoms with E-state index in [-0.39, 0.29) is 0 Å². The lowest BCUT2D eigenvalue weighted by atomic mass is 10.4. The lowest BCUT2D eigenvalue weighted by Gasteiger charge is -2.02. The summed E-state index contributed by atoms with van der Waals surface area (Å²) < 4.78 is 0.835. The van der Waals surface area contributed by atoms with Crippen LogP contribution in [0.25, 0.3) is 0 Å². The molecule has 0 amide bonds. The Morgan fingerprint density at radius 3 is 2.45 bits per heavy atom. The maximum Gasteiger partial charge on any atom is 0.0560 e. The third kappa shape index (κ3) is 2.28. The molecule has 0 saturated heterocycles. The molecule has 0 spiro atoms. The summed E-state index contributed by atoms with van der Waals surface area (Å²) in [4.78, 5) is 1.000. The minimum absolute atomic E-state index is 0.693. The Balaban J connectivity index is 3.21. The van der Waals surface area contributed by atoms with Crippen LogP contribution in [0.4, 0.5) is 0 Å². The molecule has 1 rings (SSSR count). The monoisotopic (exact) mass is 270 g/mol. The summed E-state index contributed by atoms with van der Waals surface area (Å²) in [6.45, 7) is 0. The first-order valence-electron chi connectivity index (χ1n) is 2.83. The molecular weight excluding hydrogens is 267 g/mol. The van der Waals surface area contributed by atoms with Gasteiger partial charge in [-0.2, -0.15) is 0 Å². The largest absolute Gasteiger partial charge is 0.128 e. The lowest BCUT2D eigenvalue weighted by molar-refractivity contribution is 1.44. The summed E-state index contributed by atoms with van der Waals surface area (Å²) in [5.41, 5.74) is 0. The number of thioether (sulfide) groups is 1. The number of rotatable bonds is 1. The summed E-state index contributed by atoms with van der Waals surface area (Å²) in [7, 11) is 0. The molecule has 0 nitrogen and oxygen atoms in total. The molecular formula is C7H5BrCl2S. The molecule has 0 heterocycles. The highest BCUT2D eigenvalue weighted by Gasteiger charge is 2.03. The molecule has 1 aromatic rings. The van der Waals surface area contributed by atoms with Crippen LogP contribution in [0.5, 0.6) is 0 Å². The standard InChI is InChI=1S/C7H5BrCl2S/c1-11-7-3-5(9)4(8)2-6(7)10/h2-3H,1H3. The molecule has 0 aliphatic rings. The fraction of sp³-hybridized carbons (Fsp3) is 0.143. The second-order valence-corrected chi connectivity index (χ2v) is 4.42. The summed E-state index contributed by atoms with van der Waals surface area (Å²) in [6, 6.07) is 3.65. The average molecular weight is 272 g/mol. The first-order valence-corrected chi connectivity index (χ1v) is 5.61. The van der Waals surface area contributed by atoms with Crippen LogP contribution < -0.4 is 0 Å². The predicted octanol–water partition coefficient (Wildman–Crippen LogP) is 4.48. The van der Waals surface area contributed by atoms with E-state index in [1.54, 1.807) is 17.8 Å². The molecule has 0 fully saturated rings. The first-order chi connectivity index (χ1) is 5.15. The highest BCUT2D eigenvalue weighted by Crippen LogP contribution is 2.33. The Morgan fingerprint density at radius 2 is 1.91 bits per heavy atom. The predicted molar refractivity (Wildman–Crippen MR) is 55.9 cm³/mol. The minimum Gasteiger partial charge on any atom is -0.128 e. The quantitative estimate of drug-likeness (QED) is 0.536. The molecule has 1 aromatic carbocycles. The van der Waals surface area contributed by atoms with E-state index in [2.05, 4.69) is 15.9 Å². The first kappa shape index (κ1) is 9.72. The molecule has 0 saturated carbocycles. The second kappa shape index (κ2) is 4.04. The van der Waals surface area contributed by atoms with Crippen molar-refractivity contribution in [1.29, 1.82) is 0 Å². The fourth-order valence-corrected chi connectivity index (χ4v) is 2.25. The highest BCUT2D eigenvalue weighted by atomic mass is 79.9. The van der Waals surface area contributed by atoms with Gasteiger partial charge in [0.05, 0.1) is 10.0 Å². The maximum atomic E-state index is 5.89. The van der Waals surface area contributed by atoms with E-state index in [0.717, 1.165) is 14.4 Å². The molecule has 0 atom stereocenters. The average Bonchev–Trinajstić information content (AvgIpc) is 1.97. The summed E-state index contributed by atoms with van der Waals surface area (Å²) in [5, 5.41) is 1.42. The fourth-order valence-electron chi connectivity index (χ4n) is 0.661. The lowest BCUT2D eigenvalue weighted by Crippen LogP contribution is -1.75. The van der Waals surface area contributed by atoms with Gasteiger partial charge in [0.15, 0.2) is 0 Å². The normalized spacial score (nSPS) is 10.2. The van der Waals surface area contributed by atoms with Gasteiger partial charge >= 0.3 is 0 Å². The van der Waals surface area contributed by atoms with Crippen LogP contribution >= 0.6 is 50.9 Å². The topological polar surface area (TPSA) is 0 Å². The van der Waals surface area contributed by atoms with Gasteiger partial charge in [-0.15, -0.1) is 11.8 Å². The van der Waals surface area contributed by atoms with Crippen LogP contribution in [0.1, 0.15) is 0 Å². The van der Waals surface area contributed by atoms with Crippen molar-refractivity contribution < 1.29 is 0 Å². The van der Waals surface area contributed by atoms with Gasteiger partial charge < -0.3 is 0 Å². The smallest absolute Gasteiger partial charge is 0.0560 e. The second-order valence-electron chi connectivity index (χ2n) is 1.90. The van der Waals surface area contributed by atoms with Crippen LogP contribution in [0.15, 0.2) is 21.5 Å². The third-order valence-electron chi connectivity index (χ3n) is 1.19. The summed E-state index contributed by atoms with van der Waals surface area (Å²) >= 11 is 16.6. The molecule has 0 unspecified atom stereocenters. The van der Waals surface area contributed by atoms with Gasteiger partial charge in [-0.3, -0.25) is 0 Å². The highest BCUT2D eigenvalue weighted by molar-refractivity contribution is 9.10. The van der Waals surface area contributed by atoms with Gasteiger partial charge in [-0.1, -0.05) is 23.2 Å². The van der Waals surface area contributed by atoms with Crippen molar-refractivity contribution in [2.45, 2.75) is 4.90 Å². The van der Waals surface area contributed by atoms with Crippen molar-refractivity contribution in [3.05, 3.63) is 26.7 Å². The third-order valence-corrected chi connectivity index (χ3v) is 3.59. The van der Waals surface area contributed by atoms with Crippen molar-refractivity contribution in [2.24, 2.45) is 0 Å². The molecule has 0 aromatic heterocycles. The molecule has 11 heavy (non-hydrogen) atoms. The zero-order valence-corrected chi connectivity index (χ0v) is 9.61. The zero-order valence-electron chi connectivity index (χ0n) is 5.70. The number of hydrogen-bond donors (Lipinski definition) is 0. The Bertz CT molecular complexity index is 275. The van der Waals surface area contributed by atoms with Crippen LogP contribution in [0.3, 0.4) is 0 Å². The van der Waals surface area contributed by atoms with Gasteiger partial charge in [0, 0.05) is 9.37 Å². The van der Waals surface area contributed by atoms with Crippen LogP contribution in [0.2, 0.25) is 10.0 Å². The molecule has 0 aliphatic heterocycles. The molecule has 4 heteroatoms. The van der Waals surface area contributed by atoms with E-state index in [1.807, 2.05) is 12.3 Å². The maximum absolute atomic E-state index is 5.89. The van der Waals surface area contributed by atoms with E-state index < -0.39 is 0 Å². The molecule has 60 valence electrons. The molecule has 0 N–H and O–H groups in total. The Morgan fingerprint density at radius 1 is 1.27 bits per heavy atom. The zero-order chi connectivity index (χ0) is 8.43. The summed E-state index contributed by atoms with van der Waals surface area (Å²) in [5.74, 6) is 0. The summed E-state index contributed by atoms with van der Waals surface area (Å²) in [6.07, 6.45) is 1.96. The van der Waals surface area contributed by atoms with Gasteiger partial charge in [-0.05, 0) is 34.3 Å². The van der Waals surface area contributed by atoms with E-state index in [1.165, 1.54) is 0 Å². The van der Waals surface area contributed by atoms with Gasteiger partial charge in [0.2, 0.25) is 0 Å². The molecule has 0 aliphatic carbocycles.